The third-order valence-corrected chi connectivity index (χ3v) is 4.08. The highest BCUT2D eigenvalue weighted by Gasteiger charge is 2.23. The van der Waals surface area contributed by atoms with Gasteiger partial charge in [0, 0.05) is 12.4 Å². The van der Waals surface area contributed by atoms with Gasteiger partial charge in [0.05, 0.1) is 0 Å². The molecule has 0 saturated heterocycles. The molecule has 1 heteroatoms. The number of rotatable bonds is 3. The van der Waals surface area contributed by atoms with Gasteiger partial charge in [0.15, 0.2) is 0 Å². The van der Waals surface area contributed by atoms with Crippen molar-refractivity contribution >= 4 is 0 Å². The minimum atomic E-state index is 0.874. The molecule has 0 spiro atoms. The molecule has 0 N–H and O–H groups in total. The van der Waals surface area contributed by atoms with Gasteiger partial charge >= 0.3 is 0 Å². The zero-order chi connectivity index (χ0) is 11.4. The molecule has 0 aromatic carbocycles. The van der Waals surface area contributed by atoms with Crippen LogP contribution in [0, 0.1) is 17.8 Å². The lowest BCUT2D eigenvalue weighted by atomic mass is 9.75. The van der Waals surface area contributed by atoms with E-state index in [-0.39, 0.29) is 0 Å². The average molecular weight is 217 g/mol. The van der Waals surface area contributed by atoms with Crippen LogP contribution in [0.5, 0.6) is 0 Å². The van der Waals surface area contributed by atoms with Crippen LogP contribution < -0.4 is 0 Å². The lowest BCUT2D eigenvalue weighted by Gasteiger charge is -2.30. The van der Waals surface area contributed by atoms with Crippen molar-refractivity contribution in [2.75, 3.05) is 0 Å². The van der Waals surface area contributed by atoms with E-state index in [2.05, 4.69) is 31.0 Å². The predicted molar refractivity (Wildman–Crippen MR) is 68.2 cm³/mol. The summed E-state index contributed by atoms with van der Waals surface area (Å²) in [4.78, 5) is 4.19. The molecule has 88 valence electrons. The van der Waals surface area contributed by atoms with Crippen molar-refractivity contribution in [2.24, 2.45) is 17.8 Å². The maximum Gasteiger partial charge on any atom is 0.0299 e. The van der Waals surface area contributed by atoms with E-state index in [1.165, 1.54) is 37.7 Å². The first kappa shape index (κ1) is 11.6. The third-order valence-electron chi connectivity index (χ3n) is 4.08. The van der Waals surface area contributed by atoms with Gasteiger partial charge in [-0.25, -0.2) is 0 Å². The topological polar surface area (TPSA) is 12.9 Å². The van der Waals surface area contributed by atoms with Crippen molar-refractivity contribution in [2.45, 2.75) is 46.0 Å². The summed E-state index contributed by atoms with van der Waals surface area (Å²) in [5.41, 5.74) is 1.41. The molecule has 0 aliphatic heterocycles. The zero-order valence-corrected chi connectivity index (χ0v) is 10.5. The minimum absolute atomic E-state index is 0.874. The van der Waals surface area contributed by atoms with E-state index in [4.69, 9.17) is 0 Å². The smallest absolute Gasteiger partial charge is 0.0299 e. The molecule has 1 aromatic rings. The van der Waals surface area contributed by atoms with Crippen LogP contribution in [-0.2, 0) is 6.42 Å². The Morgan fingerprint density at radius 1 is 1.25 bits per heavy atom. The molecule has 0 atom stereocenters. The third kappa shape index (κ3) is 3.07. The number of hydrogen-bond donors (Lipinski definition) is 0. The van der Waals surface area contributed by atoms with Crippen molar-refractivity contribution in [3.05, 3.63) is 30.1 Å². The highest BCUT2D eigenvalue weighted by Crippen LogP contribution is 2.34. The van der Waals surface area contributed by atoms with Crippen molar-refractivity contribution < 1.29 is 0 Å². The first-order valence-electron chi connectivity index (χ1n) is 6.64. The van der Waals surface area contributed by atoms with E-state index in [1.807, 2.05) is 12.4 Å². The Morgan fingerprint density at radius 2 is 2.00 bits per heavy atom. The van der Waals surface area contributed by atoms with E-state index in [0.717, 1.165) is 17.8 Å². The summed E-state index contributed by atoms with van der Waals surface area (Å²) in [6.45, 7) is 4.73. The molecule has 0 bridgehead atoms. The fraction of sp³-hybridized carbons (Fsp3) is 0.667. The van der Waals surface area contributed by atoms with Crippen LogP contribution in [0.2, 0.25) is 0 Å². The first-order chi connectivity index (χ1) is 7.75. The summed E-state index contributed by atoms with van der Waals surface area (Å²) in [7, 11) is 0. The second kappa shape index (κ2) is 5.47. The van der Waals surface area contributed by atoms with Gasteiger partial charge < -0.3 is 0 Å². The van der Waals surface area contributed by atoms with Crippen LogP contribution in [0.4, 0.5) is 0 Å². The van der Waals surface area contributed by atoms with Crippen LogP contribution in [0.3, 0.4) is 0 Å². The monoisotopic (exact) mass is 217 g/mol. The lowest BCUT2D eigenvalue weighted by molar-refractivity contribution is 0.223. The van der Waals surface area contributed by atoms with E-state index < -0.39 is 0 Å². The molecular weight excluding hydrogens is 194 g/mol. The average Bonchev–Trinajstić information content (AvgIpc) is 2.31. The van der Waals surface area contributed by atoms with Gasteiger partial charge in [-0.15, -0.1) is 0 Å². The summed E-state index contributed by atoms with van der Waals surface area (Å²) in [5, 5.41) is 0. The van der Waals surface area contributed by atoms with E-state index in [9.17, 15) is 0 Å². The molecule has 1 aliphatic rings. The van der Waals surface area contributed by atoms with E-state index >= 15 is 0 Å². The molecule has 16 heavy (non-hydrogen) atoms. The Hall–Kier alpha value is -0.850. The Kier molecular flexibility index (Phi) is 3.98. The van der Waals surface area contributed by atoms with Gasteiger partial charge in [0.25, 0.3) is 0 Å². The van der Waals surface area contributed by atoms with Gasteiger partial charge in [-0.3, -0.25) is 4.98 Å². The lowest BCUT2D eigenvalue weighted by Crippen LogP contribution is -2.19. The number of nitrogens with zero attached hydrogens (tertiary/aromatic N) is 1. The number of hydrogen-bond acceptors (Lipinski definition) is 1. The van der Waals surface area contributed by atoms with E-state index in [0.29, 0.717) is 0 Å². The molecular formula is C15H23N. The highest BCUT2D eigenvalue weighted by molar-refractivity contribution is 5.09. The minimum Gasteiger partial charge on any atom is -0.264 e. The van der Waals surface area contributed by atoms with Crippen molar-refractivity contribution in [1.82, 2.24) is 4.98 Å². The fourth-order valence-corrected chi connectivity index (χ4v) is 2.91. The fourth-order valence-electron chi connectivity index (χ4n) is 2.91. The van der Waals surface area contributed by atoms with Crippen molar-refractivity contribution in [3.8, 4) is 0 Å². The molecule has 0 unspecified atom stereocenters. The largest absolute Gasteiger partial charge is 0.264 e. The summed E-state index contributed by atoms with van der Waals surface area (Å²) < 4.78 is 0. The summed E-state index contributed by atoms with van der Waals surface area (Å²) in [6, 6.07) is 4.26. The Balaban J connectivity index is 1.82. The quantitative estimate of drug-likeness (QED) is 0.743. The number of pyridine rings is 1. The van der Waals surface area contributed by atoms with Gasteiger partial charge in [-0.1, -0.05) is 19.9 Å². The molecule has 2 rings (SSSR count). The second-order valence-corrected chi connectivity index (χ2v) is 5.59. The molecule has 1 heterocycles. The summed E-state index contributed by atoms with van der Waals surface area (Å²) in [5.74, 6) is 2.75. The van der Waals surface area contributed by atoms with Gasteiger partial charge in [-0.2, -0.15) is 0 Å². The van der Waals surface area contributed by atoms with Gasteiger partial charge in [0.1, 0.15) is 0 Å². The number of aromatic nitrogens is 1. The summed E-state index contributed by atoms with van der Waals surface area (Å²) >= 11 is 0. The van der Waals surface area contributed by atoms with Gasteiger partial charge in [0.2, 0.25) is 0 Å². The Bertz CT molecular complexity index is 296. The Morgan fingerprint density at radius 3 is 2.56 bits per heavy atom. The molecule has 1 saturated carbocycles. The molecule has 0 radical (unpaired) electrons. The Labute approximate surface area is 99.3 Å². The summed E-state index contributed by atoms with van der Waals surface area (Å²) in [6.07, 6.45) is 10.8. The molecule has 1 aromatic heterocycles. The van der Waals surface area contributed by atoms with Crippen molar-refractivity contribution in [1.29, 1.82) is 0 Å². The van der Waals surface area contributed by atoms with Crippen LogP contribution in [0.25, 0.3) is 0 Å². The zero-order valence-electron chi connectivity index (χ0n) is 10.5. The maximum absolute atomic E-state index is 4.19. The molecule has 1 nitrogen and oxygen atoms in total. The molecule has 1 fully saturated rings. The SMILES string of the molecule is CC(C)C1CCC(Cc2cccnc2)CC1. The maximum atomic E-state index is 4.19. The predicted octanol–water partition coefficient (Wildman–Crippen LogP) is 4.09. The molecule has 1 aliphatic carbocycles. The molecule has 0 amide bonds. The standard InChI is InChI=1S/C15H23N/c1-12(2)15-7-5-13(6-8-15)10-14-4-3-9-16-11-14/h3-4,9,11-13,15H,5-8,10H2,1-2H3. The van der Waals surface area contributed by atoms with Crippen LogP contribution in [0.15, 0.2) is 24.5 Å². The van der Waals surface area contributed by atoms with Crippen LogP contribution in [0.1, 0.15) is 45.1 Å². The second-order valence-electron chi connectivity index (χ2n) is 5.59. The normalized spacial score (nSPS) is 25.9. The van der Waals surface area contributed by atoms with Crippen molar-refractivity contribution in [3.63, 3.8) is 0 Å². The van der Waals surface area contributed by atoms with Crippen LogP contribution >= 0.6 is 0 Å². The first-order valence-corrected chi connectivity index (χ1v) is 6.64. The van der Waals surface area contributed by atoms with Gasteiger partial charge in [-0.05, 0) is 61.5 Å². The van der Waals surface area contributed by atoms with E-state index in [1.54, 1.807) is 0 Å². The van der Waals surface area contributed by atoms with Crippen LogP contribution in [-0.4, -0.2) is 4.98 Å². The highest BCUT2D eigenvalue weighted by atomic mass is 14.6.